The molecule has 0 bridgehead atoms. The monoisotopic (exact) mass is 442 g/mol. The van der Waals surface area contributed by atoms with Crippen LogP contribution >= 0.6 is 11.8 Å². The van der Waals surface area contributed by atoms with Gasteiger partial charge in [-0.2, -0.15) is 5.26 Å². The van der Waals surface area contributed by atoms with E-state index >= 15 is 0 Å². The molecule has 32 heavy (non-hydrogen) atoms. The third kappa shape index (κ3) is 5.00. The van der Waals surface area contributed by atoms with Crippen LogP contribution in [-0.4, -0.2) is 21.1 Å². The molecule has 1 amide bonds. The molecule has 1 N–H and O–H groups in total. The van der Waals surface area contributed by atoms with Crippen molar-refractivity contribution in [1.82, 2.24) is 9.97 Å². The number of aromatic nitrogens is 2. The molecule has 0 saturated heterocycles. The first-order chi connectivity index (χ1) is 15.6. The molecule has 1 aliphatic rings. The third-order valence-electron chi connectivity index (χ3n) is 5.82. The number of pyridine rings is 2. The van der Waals surface area contributed by atoms with E-state index in [1.807, 2.05) is 32.0 Å². The van der Waals surface area contributed by atoms with Gasteiger partial charge in [-0.3, -0.25) is 4.79 Å². The molecule has 0 radical (unpaired) electrons. The molecule has 2 heterocycles. The summed E-state index contributed by atoms with van der Waals surface area (Å²) in [5, 5.41) is 12.9. The molecule has 0 spiro atoms. The summed E-state index contributed by atoms with van der Waals surface area (Å²) in [6.45, 7) is 3.92. The van der Waals surface area contributed by atoms with E-state index in [-0.39, 0.29) is 11.2 Å². The summed E-state index contributed by atoms with van der Waals surface area (Å²) in [5.41, 5.74) is 5.11. The fourth-order valence-corrected chi connectivity index (χ4v) is 5.03. The van der Waals surface area contributed by atoms with Crippen molar-refractivity contribution >= 4 is 23.5 Å². The van der Waals surface area contributed by atoms with E-state index in [1.54, 1.807) is 12.3 Å². The number of carbonyl (C=O) groups excluding carboxylic acids is 1. The number of hydrogen-bond acceptors (Lipinski definition) is 5. The van der Waals surface area contributed by atoms with Crippen LogP contribution in [0.3, 0.4) is 0 Å². The van der Waals surface area contributed by atoms with E-state index in [2.05, 4.69) is 40.6 Å². The SMILES string of the molecule is CCC(Sc1nc2c(cc1C#N)CC(c1ccccc1)CC2)C(=O)Nc1ccc(C)cn1. The molecular weight excluding hydrogens is 416 g/mol. The summed E-state index contributed by atoms with van der Waals surface area (Å²) in [4.78, 5) is 21.9. The number of nitrogens with one attached hydrogen (secondary N) is 1. The van der Waals surface area contributed by atoms with Gasteiger partial charge in [0.05, 0.1) is 10.8 Å². The van der Waals surface area contributed by atoms with Gasteiger partial charge in [0.25, 0.3) is 0 Å². The van der Waals surface area contributed by atoms with Gasteiger partial charge in [0.15, 0.2) is 0 Å². The third-order valence-corrected chi connectivity index (χ3v) is 7.19. The summed E-state index contributed by atoms with van der Waals surface area (Å²) in [5.74, 6) is 0.860. The Morgan fingerprint density at radius 2 is 2.09 bits per heavy atom. The van der Waals surface area contributed by atoms with Gasteiger partial charge < -0.3 is 5.32 Å². The van der Waals surface area contributed by atoms with Gasteiger partial charge in [0.1, 0.15) is 16.9 Å². The van der Waals surface area contributed by atoms with Crippen LogP contribution < -0.4 is 5.32 Å². The normalized spacial score (nSPS) is 16.0. The second-order valence-corrected chi connectivity index (χ2v) is 9.33. The van der Waals surface area contributed by atoms with Crippen molar-refractivity contribution in [3.05, 3.63) is 82.7 Å². The number of amides is 1. The second-order valence-electron chi connectivity index (χ2n) is 8.13. The fourth-order valence-electron chi connectivity index (χ4n) is 4.03. The molecule has 6 heteroatoms. The van der Waals surface area contributed by atoms with Crippen molar-refractivity contribution in [1.29, 1.82) is 5.26 Å². The largest absolute Gasteiger partial charge is 0.310 e. The predicted molar refractivity (Wildman–Crippen MR) is 128 cm³/mol. The Bertz CT molecular complexity index is 1140. The molecule has 2 unspecified atom stereocenters. The predicted octanol–water partition coefficient (Wildman–Crippen LogP) is 5.44. The number of hydrogen-bond donors (Lipinski definition) is 1. The second kappa shape index (κ2) is 9.97. The number of rotatable bonds is 6. The maximum atomic E-state index is 12.8. The lowest BCUT2D eigenvalue weighted by Gasteiger charge is -2.25. The molecule has 0 saturated carbocycles. The Morgan fingerprint density at radius 3 is 2.78 bits per heavy atom. The van der Waals surface area contributed by atoms with Gasteiger partial charge in [0.2, 0.25) is 5.91 Å². The Hall–Kier alpha value is -3.17. The smallest absolute Gasteiger partial charge is 0.239 e. The van der Waals surface area contributed by atoms with Crippen molar-refractivity contribution in [2.24, 2.45) is 0 Å². The van der Waals surface area contributed by atoms with Crippen molar-refractivity contribution in [2.45, 2.75) is 55.7 Å². The molecule has 1 aromatic carbocycles. The number of benzene rings is 1. The Balaban J connectivity index is 1.51. The van der Waals surface area contributed by atoms with E-state index in [0.29, 0.717) is 28.7 Å². The van der Waals surface area contributed by atoms with Crippen LogP contribution in [0.5, 0.6) is 0 Å². The van der Waals surface area contributed by atoms with Gasteiger partial charge in [-0.15, -0.1) is 0 Å². The van der Waals surface area contributed by atoms with E-state index in [1.165, 1.54) is 17.3 Å². The zero-order valence-electron chi connectivity index (χ0n) is 18.3. The van der Waals surface area contributed by atoms with E-state index in [4.69, 9.17) is 4.98 Å². The fraction of sp³-hybridized carbons (Fsp3) is 0.308. The number of thioether (sulfide) groups is 1. The minimum absolute atomic E-state index is 0.124. The maximum Gasteiger partial charge on any atom is 0.239 e. The lowest BCUT2D eigenvalue weighted by atomic mass is 9.82. The van der Waals surface area contributed by atoms with Gasteiger partial charge in [-0.25, -0.2) is 9.97 Å². The molecular formula is C26H26N4OS. The van der Waals surface area contributed by atoms with Gasteiger partial charge >= 0.3 is 0 Å². The summed E-state index contributed by atoms with van der Waals surface area (Å²) in [7, 11) is 0. The number of nitrogens with zero attached hydrogens (tertiary/aromatic N) is 3. The standard InChI is InChI=1S/C26H26N4OS/c1-3-23(25(31)30-24-12-9-17(2)16-28-24)32-26-21(15-27)14-20-13-19(10-11-22(20)29-26)18-7-5-4-6-8-18/h4-9,12,14,16,19,23H,3,10-11,13H2,1-2H3,(H,28,30,31). The van der Waals surface area contributed by atoms with Crippen LogP contribution in [0.2, 0.25) is 0 Å². The van der Waals surface area contributed by atoms with Crippen LogP contribution in [0, 0.1) is 18.3 Å². The first-order valence-electron chi connectivity index (χ1n) is 11.0. The van der Waals surface area contributed by atoms with Crippen LogP contribution in [0.15, 0.2) is 59.8 Å². The maximum absolute atomic E-state index is 12.8. The highest BCUT2D eigenvalue weighted by Gasteiger charge is 2.26. The minimum atomic E-state index is -0.351. The molecule has 4 rings (SSSR count). The molecule has 5 nitrogen and oxygen atoms in total. The summed E-state index contributed by atoms with van der Waals surface area (Å²) in [6, 6.07) is 18.5. The highest BCUT2D eigenvalue weighted by Crippen LogP contribution is 2.35. The highest BCUT2D eigenvalue weighted by molar-refractivity contribution is 8.00. The van der Waals surface area contributed by atoms with Crippen molar-refractivity contribution in [3.63, 3.8) is 0 Å². The lowest BCUT2D eigenvalue weighted by molar-refractivity contribution is -0.115. The lowest BCUT2D eigenvalue weighted by Crippen LogP contribution is -2.25. The van der Waals surface area contributed by atoms with E-state index in [0.717, 1.165) is 36.1 Å². The summed E-state index contributed by atoms with van der Waals surface area (Å²) < 4.78 is 0. The first-order valence-corrected chi connectivity index (χ1v) is 11.8. The van der Waals surface area contributed by atoms with Gasteiger partial charge in [-0.05, 0) is 67.3 Å². The number of fused-ring (bicyclic) bond motifs is 1. The number of aryl methyl sites for hydroxylation is 2. The average molecular weight is 443 g/mol. The van der Waals surface area contributed by atoms with Crippen LogP contribution in [-0.2, 0) is 17.6 Å². The number of carbonyl (C=O) groups is 1. The van der Waals surface area contributed by atoms with Gasteiger partial charge in [0, 0.05) is 11.9 Å². The zero-order chi connectivity index (χ0) is 22.5. The molecule has 0 aliphatic heterocycles. The molecule has 162 valence electrons. The molecule has 2 aromatic heterocycles. The van der Waals surface area contributed by atoms with Crippen molar-refractivity contribution in [3.8, 4) is 6.07 Å². The van der Waals surface area contributed by atoms with Crippen LogP contribution in [0.1, 0.15) is 53.6 Å². The van der Waals surface area contributed by atoms with Crippen molar-refractivity contribution < 1.29 is 4.79 Å². The van der Waals surface area contributed by atoms with Crippen molar-refractivity contribution in [2.75, 3.05) is 5.32 Å². The van der Waals surface area contributed by atoms with E-state index in [9.17, 15) is 10.1 Å². The van der Waals surface area contributed by atoms with Gasteiger partial charge in [-0.1, -0.05) is 55.1 Å². The average Bonchev–Trinajstić information content (AvgIpc) is 2.83. The summed E-state index contributed by atoms with van der Waals surface area (Å²) >= 11 is 1.37. The van der Waals surface area contributed by atoms with Crippen LogP contribution in [0.4, 0.5) is 5.82 Å². The first kappa shape index (κ1) is 22.0. The number of nitriles is 1. The Kier molecular flexibility index (Phi) is 6.87. The Labute approximate surface area is 193 Å². The minimum Gasteiger partial charge on any atom is -0.310 e. The quantitative estimate of drug-likeness (QED) is 0.514. The molecule has 3 aromatic rings. The number of anilines is 1. The summed E-state index contributed by atoms with van der Waals surface area (Å²) in [6.07, 6.45) is 5.16. The van der Waals surface area contributed by atoms with Crippen LogP contribution in [0.25, 0.3) is 0 Å². The van der Waals surface area contributed by atoms with E-state index < -0.39 is 0 Å². The topological polar surface area (TPSA) is 78.7 Å². The molecule has 2 atom stereocenters. The Morgan fingerprint density at radius 1 is 1.28 bits per heavy atom. The molecule has 1 aliphatic carbocycles. The zero-order valence-corrected chi connectivity index (χ0v) is 19.2. The molecule has 0 fully saturated rings. The highest BCUT2D eigenvalue weighted by atomic mass is 32.2.